The Bertz CT molecular complexity index is 517. The molecule has 6 nitrogen and oxygen atoms in total. The Morgan fingerprint density at radius 2 is 1.71 bits per heavy atom. The first-order valence-electron chi connectivity index (χ1n) is 7.33. The average molecular weight is 369 g/mol. The summed E-state index contributed by atoms with van der Waals surface area (Å²) in [5.74, 6) is -3.35. The number of phenols is 1. The van der Waals surface area contributed by atoms with E-state index in [1.165, 1.54) is 26.4 Å². The smallest absolute Gasteiger partial charge is 0.290 e. The number of hydrogen-bond acceptors (Lipinski definition) is 6. The highest BCUT2D eigenvalue weighted by Crippen LogP contribution is 2.46. The second kappa shape index (κ2) is 8.66. The van der Waals surface area contributed by atoms with Crippen LogP contribution in [0.5, 0.6) is 17.2 Å². The van der Waals surface area contributed by atoms with E-state index in [-0.39, 0.29) is 35.2 Å². The van der Waals surface area contributed by atoms with Crippen LogP contribution in [0.1, 0.15) is 11.6 Å². The average Bonchev–Trinajstić information content (AvgIpc) is 2.56. The molecule has 1 aromatic carbocycles. The molecule has 9 heteroatoms. The molecular formula is C15H23ClF2N2O4. The van der Waals surface area contributed by atoms with Gasteiger partial charge in [-0.1, -0.05) is 0 Å². The number of piperazine rings is 1. The minimum absolute atomic E-state index is 0. The van der Waals surface area contributed by atoms with Gasteiger partial charge in [0.15, 0.2) is 0 Å². The standard InChI is InChI=1S/C15H22F2N2O4.ClH/c1-22-11-7-10(21)8-12(23-2)13(11)14(15(16,17)9-20)19-5-3-18-4-6-19;/h7-8,14,18,20-21H,3-6,9H2,1-2H3;1H/t14-;/m1./s1. The summed E-state index contributed by atoms with van der Waals surface area (Å²) in [5, 5.41) is 22.0. The Balaban J connectivity index is 0.00000288. The molecule has 0 saturated carbocycles. The zero-order valence-electron chi connectivity index (χ0n) is 13.6. The number of halogens is 3. The predicted octanol–water partition coefficient (Wildman–Crippen LogP) is 1.41. The van der Waals surface area contributed by atoms with Crippen molar-refractivity contribution in [3.63, 3.8) is 0 Å². The van der Waals surface area contributed by atoms with Crippen LogP contribution in [-0.4, -0.2) is 68.0 Å². The molecule has 0 spiro atoms. The maximum absolute atomic E-state index is 14.5. The number of benzene rings is 1. The summed E-state index contributed by atoms with van der Waals surface area (Å²) < 4.78 is 39.4. The summed E-state index contributed by atoms with van der Waals surface area (Å²) in [4.78, 5) is 1.59. The van der Waals surface area contributed by atoms with E-state index in [0.29, 0.717) is 26.2 Å². The van der Waals surface area contributed by atoms with Gasteiger partial charge in [0.1, 0.15) is 29.9 Å². The van der Waals surface area contributed by atoms with Crippen molar-refractivity contribution in [3.05, 3.63) is 17.7 Å². The molecule has 1 heterocycles. The fraction of sp³-hybridized carbons (Fsp3) is 0.600. The monoisotopic (exact) mass is 368 g/mol. The summed E-state index contributed by atoms with van der Waals surface area (Å²) >= 11 is 0. The van der Waals surface area contributed by atoms with Crippen molar-refractivity contribution < 1.29 is 28.5 Å². The van der Waals surface area contributed by atoms with E-state index >= 15 is 0 Å². The van der Waals surface area contributed by atoms with E-state index in [4.69, 9.17) is 9.47 Å². The number of aromatic hydroxyl groups is 1. The Kier molecular flexibility index (Phi) is 7.47. The maximum Gasteiger partial charge on any atom is 0.290 e. The Labute approximate surface area is 145 Å². The van der Waals surface area contributed by atoms with E-state index in [2.05, 4.69) is 5.32 Å². The number of rotatable bonds is 6. The van der Waals surface area contributed by atoms with Crippen molar-refractivity contribution in [1.29, 1.82) is 0 Å². The summed E-state index contributed by atoms with van der Waals surface area (Å²) in [5.41, 5.74) is 0.119. The highest BCUT2D eigenvalue weighted by Gasteiger charge is 2.47. The van der Waals surface area contributed by atoms with Gasteiger partial charge in [-0.15, -0.1) is 12.4 Å². The van der Waals surface area contributed by atoms with Crippen LogP contribution in [0.4, 0.5) is 8.78 Å². The fourth-order valence-electron chi connectivity index (χ4n) is 2.88. The van der Waals surface area contributed by atoms with Gasteiger partial charge in [0.25, 0.3) is 5.92 Å². The molecule has 24 heavy (non-hydrogen) atoms. The van der Waals surface area contributed by atoms with Crippen molar-refractivity contribution in [2.75, 3.05) is 47.0 Å². The van der Waals surface area contributed by atoms with E-state index in [9.17, 15) is 19.0 Å². The van der Waals surface area contributed by atoms with Crippen molar-refractivity contribution in [2.45, 2.75) is 12.0 Å². The molecule has 0 aliphatic carbocycles. The van der Waals surface area contributed by atoms with Gasteiger partial charge in [-0.05, 0) is 0 Å². The van der Waals surface area contributed by atoms with Crippen molar-refractivity contribution in [1.82, 2.24) is 10.2 Å². The molecule has 138 valence electrons. The van der Waals surface area contributed by atoms with Gasteiger partial charge in [0.05, 0.1) is 19.8 Å². The van der Waals surface area contributed by atoms with Gasteiger partial charge in [-0.25, -0.2) is 8.78 Å². The van der Waals surface area contributed by atoms with Gasteiger partial charge in [0.2, 0.25) is 0 Å². The first-order valence-corrected chi connectivity index (χ1v) is 7.33. The van der Waals surface area contributed by atoms with Gasteiger partial charge >= 0.3 is 0 Å². The molecule has 0 aromatic heterocycles. The van der Waals surface area contributed by atoms with Crippen LogP contribution in [0.2, 0.25) is 0 Å². The summed E-state index contributed by atoms with van der Waals surface area (Å²) in [6, 6.07) is 1.11. The third-order valence-corrected chi connectivity index (χ3v) is 3.93. The number of ether oxygens (including phenoxy) is 2. The molecule has 1 saturated heterocycles. The van der Waals surface area contributed by atoms with Crippen LogP contribution in [0.25, 0.3) is 0 Å². The van der Waals surface area contributed by atoms with E-state index in [1.807, 2.05) is 0 Å². The molecule has 1 fully saturated rings. The lowest BCUT2D eigenvalue weighted by Crippen LogP contribution is -2.51. The van der Waals surface area contributed by atoms with Gasteiger partial charge in [-0.3, -0.25) is 4.90 Å². The largest absolute Gasteiger partial charge is 0.508 e. The summed E-state index contributed by atoms with van der Waals surface area (Å²) in [7, 11) is 2.67. The molecule has 1 aromatic rings. The van der Waals surface area contributed by atoms with Crippen molar-refractivity contribution in [2.24, 2.45) is 0 Å². The number of alkyl halides is 2. The molecule has 0 radical (unpaired) electrons. The zero-order valence-corrected chi connectivity index (χ0v) is 14.4. The van der Waals surface area contributed by atoms with Crippen LogP contribution in [0.3, 0.4) is 0 Å². The Hall–Kier alpha value is -1.35. The van der Waals surface area contributed by atoms with E-state index in [0.717, 1.165) is 0 Å². The van der Waals surface area contributed by atoms with Crippen LogP contribution in [-0.2, 0) is 0 Å². The second-order valence-electron chi connectivity index (χ2n) is 5.37. The molecule has 1 atom stereocenters. The number of methoxy groups -OCH3 is 2. The van der Waals surface area contributed by atoms with Crippen molar-refractivity contribution >= 4 is 12.4 Å². The molecule has 1 aliphatic heterocycles. The van der Waals surface area contributed by atoms with Crippen LogP contribution in [0.15, 0.2) is 12.1 Å². The Morgan fingerprint density at radius 1 is 1.21 bits per heavy atom. The highest BCUT2D eigenvalue weighted by atomic mass is 35.5. The lowest BCUT2D eigenvalue weighted by molar-refractivity contribution is -0.119. The molecular weight excluding hydrogens is 346 g/mol. The predicted molar refractivity (Wildman–Crippen MR) is 87.7 cm³/mol. The molecule has 0 bridgehead atoms. The quantitative estimate of drug-likeness (QED) is 0.705. The van der Waals surface area contributed by atoms with Gasteiger partial charge in [-0.2, -0.15) is 0 Å². The van der Waals surface area contributed by atoms with Crippen LogP contribution < -0.4 is 14.8 Å². The molecule has 1 aliphatic rings. The number of aliphatic hydroxyl groups excluding tert-OH is 1. The number of aliphatic hydroxyl groups is 1. The third kappa shape index (κ3) is 4.18. The lowest BCUT2D eigenvalue weighted by Gasteiger charge is -2.39. The number of phenolic OH excluding ortho intramolecular Hbond substituents is 1. The zero-order chi connectivity index (χ0) is 17.0. The molecule has 0 amide bonds. The SMILES string of the molecule is COc1cc(O)cc(OC)c1[C@@H](N1CCNCC1)C(F)(F)CO.Cl. The summed E-state index contributed by atoms with van der Waals surface area (Å²) in [6.07, 6.45) is 0. The van der Waals surface area contributed by atoms with Crippen LogP contribution in [0, 0.1) is 0 Å². The lowest BCUT2D eigenvalue weighted by atomic mass is 9.96. The number of hydrogen-bond donors (Lipinski definition) is 3. The first-order chi connectivity index (χ1) is 10.9. The minimum atomic E-state index is -3.39. The maximum atomic E-state index is 14.5. The Morgan fingerprint density at radius 3 is 2.12 bits per heavy atom. The topological polar surface area (TPSA) is 74.2 Å². The fourth-order valence-corrected chi connectivity index (χ4v) is 2.88. The second-order valence-corrected chi connectivity index (χ2v) is 5.37. The molecule has 3 N–H and O–H groups in total. The first kappa shape index (κ1) is 20.7. The number of nitrogens with zero attached hydrogens (tertiary/aromatic N) is 1. The van der Waals surface area contributed by atoms with E-state index < -0.39 is 18.6 Å². The number of nitrogens with one attached hydrogen (secondary N) is 1. The highest BCUT2D eigenvalue weighted by molar-refractivity contribution is 5.85. The molecule has 2 rings (SSSR count). The van der Waals surface area contributed by atoms with Gasteiger partial charge < -0.3 is 25.0 Å². The summed E-state index contributed by atoms with van der Waals surface area (Å²) in [6.45, 7) is 0.636. The van der Waals surface area contributed by atoms with Gasteiger partial charge in [0, 0.05) is 38.3 Å². The minimum Gasteiger partial charge on any atom is -0.508 e. The third-order valence-electron chi connectivity index (χ3n) is 3.93. The normalized spacial score (nSPS) is 17.0. The van der Waals surface area contributed by atoms with E-state index in [1.54, 1.807) is 4.90 Å². The van der Waals surface area contributed by atoms with Crippen LogP contribution >= 0.6 is 12.4 Å². The van der Waals surface area contributed by atoms with Crippen molar-refractivity contribution in [3.8, 4) is 17.2 Å². The molecule has 0 unspecified atom stereocenters.